The topological polar surface area (TPSA) is 53.4 Å². The molecule has 1 aromatic heterocycles. The molecule has 2 aliphatic heterocycles. The Morgan fingerprint density at radius 2 is 2.11 bits per heavy atom. The molecule has 2 atom stereocenters. The summed E-state index contributed by atoms with van der Waals surface area (Å²) in [5.74, 6) is -0.273. The fraction of sp³-hybridized carbons (Fsp3) is 0.600. The van der Waals surface area contributed by atoms with E-state index in [-0.39, 0.29) is 0 Å². The van der Waals surface area contributed by atoms with Crippen LogP contribution in [0.4, 0.5) is 0 Å². The minimum absolute atomic E-state index is 0.341. The number of hydrogen-bond donors (Lipinski definition) is 1. The van der Waals surface area contributed by atoms with Gasteiger partial charge in [-0.15, -0.1) is 0 Å². The molecule has 2 bridgehead atoms. The van der Waals surface area contributed by atoms with Crippen LogP contribution in [0.1, 0.15) is 37.7 Å². The quantitative estimate of drug-likeness (QED) is 0.902. The maximum atomic E-state index is 10.9. The van der Waals surface area contributed by atoms with E-state index >= 15 is 0 Å². The molecule has 2 aliphatic rings. The summed E-state index contributed by atoms with van der Waals surface area (Å²) < 4.78 is 0. The third-order valence-corrected chi connectivity index (χ3v) is 4.53. The first-order chi connectivity index (χ1) is 9.22. The highest BCUT2D eigenvalue weighted by Gasteiger charge is 2.40. The van der Waals surface area contributed by atoms with Crippen LogP contribution >= 0.6 is 0 Å². The van der Waals surface area contributed by atoms with Crippen LogP contribution in [0.25, 0.3) is 0 Å². The summed E-state index contributed by atoms with van der Waals surface area (Å²) in [6.45, 7) is 0.961. The molecule has 2 unspecified atom stereocenters. The van der Waals surface area contributed by atoms with Gasteiger partial charge in [-0.3, -0.25) is 14.7 Å². The van der Waals surface area contributed by atoms with Crippen molar-refractivity contribution in [2.75, 3.05) is 0 Å². The number of carboxylic acids is 1. The number of pyridine rings is 1. The van der Waals surface area contributed by atoms with Crippen LogP contribution in [0.2, 0.25) is 0 Å². The predicted octanol–water partition coefficient (Wildman–Crippen LogP) is 2.30. The zero-order valence-corrected chi connectivity index (χ0v) is 11.0. The monoisotopic (exact) mass is 260 g/mol. The van der Waals surface area contributed by atoms with Gasteiger partial charge in [0.25, 0.3) is 0 Å². The van der Waals surface area contributed by atoms with Crippen LogP contribution < -0.4 is 0 Å². The van der Waals surface area contributed by atoms with Crippen molar-refractivity contribution >= 4 is 5.97 Å². The Balaban J connectivity index is 1.65. The van der Waals surface area contributed by atoms with Crippen LogP contribution in [0, 0.1) is 5.92 Å². The van der Waals surface area contributed by atoms with Crippen molar-refractivity contribution in [3.63, 3.8) is 0 Å². The molecule has 19 heavy (non-hydrogen) atoms. The van der Waals surface area contributed by atoms with Crippen molar-refractivity contribution in [3.8, 4) is 0 Å². The van der Waals surface area contributed by atoms with Crippen LogP contribution in [-0.2, 0) is 11.3 Å². The first kappa shape index (κ1) is 12.6. The van der Waals surface area contributed by atoms with E-state index in [0.29, 0.717) is 24.4 Å². The molecule has 0 spiro atoms. The maximum absolute atomic E-state index is 10.9. The Morgan fingerprint density at radius 1 is 1.37 bits per heavy atom. The number of carboxylic acid groups (broad SMARTS) is 1. The Bertz CT molecular complexity index is 435. The smallest absolute Gasteiger partial charge is 0.303 e. The predicted molar refractivity (Wildman–Crippen MR) is 71.6 cm³/mol. The number of nitrogens with zero attached hydrogens (tertiary/aromatic N) is 2. The Kier molecular flexibility index (Phi) is 3.51. The molecular weight excluding hydrogens is 240 g/mol. The SMILES string of the molecule is O=C(O)CC1CC2CCC(C1)N2Cc1cccnc1. The second-order valence-corrected chi connectivity index (χ2v) is 5.85. The minimum atomic E-state index is -0.648. The molecule has 0 amide bonds. The van der Waals surface area contributed by atoms with E-state index in [1.165, 1.54) is 18.4 Å². The van der Waals surface area contributed by atoms with Gasteiger partial charge in [-0.2, -0.15) is 0 Å². The van der Waals surface area contributed by atoms with Gasteiger partial charge in [-0.1, -0.05) is 6.07 Å². The molecule has 1 N–H and O–H groups in total. The van der Waals surface area contributed by atoms with Crippen molar-refractivity contribution in [3.05, 3.63) is 30.1 Å². The average molecular weight is 260 g/mol. The molecule has 2 saturated heterocycles. The Hall–Kier alpha value is -1.42. The number of hydrogen-bond acceptors (Lipinski definition) is 3. The fourth-order valence-corrected chi connectivity index (χ4v) is 3.76. The average Bonchev–Trinajstić information content (AvgIpc) is 2.62. The number of aromatic nitrogens is 1. The summed E-state index contributed by atoms with van der Waals surface area (Å²) in [5.41, 5.74) is 1.26. The molecule has 102 valence electrons. The molecule has 0 aromatic carbocycles. The number of aliphatic carboxylic acids is 1. The van der Waals surface area contributed by atoms with Crippen molar-refractivity contribution in [1.29, 1.82) is 0 Å². The van der Waals surface area contributed by atoms with Gasteiger partial charge < -0.3 is 5.11 Å². The van der Waals surface area contributed by atoms with E-state index in [4.69, 9.17) is 5.11 Å². The van der Waals surface area contributed by atoms with E-state index in [1.807, 2.05) is 12.3 Å². The molecule has 3 heterocycles. The number of carbonyl (C=O) groups is 1. The van der Waals surface area contributed by atoms with Gasteiger partial charge in [-0.25, -0.2) is 0 Å². The number of piperidine rings is 1. The van der Waals surface area contributed by atoms with Crippen molar-refractivity contribution in [1.82, 2.24) is 9.88 Å². The van der Waals surface area contributed by atoms with Crippen LogP contribution in [0.3, 0.4) is 0 Å². The summed E-state index contributed by atoms with van der Waals surface area (Å²) in [6.07, 6.45) is 8.61. The highest BCUT2D eigenvalue weighted by molar-refractivity contribution is 5.67. The lowest BCUT2D eigenvalue weighted by Gasteiger charge is -2.38. The first-order valence-electron chi connectivity index (χ1n) is 7.09. The third-order valence-electron chi connectivity index (χ3n) is 4.53. The first-order valence-corrected chi connectivity index (χ1v) is 7.09. The van der Waals surface area contributed by atoms with E-state index in [0.717, 1.165) is 19.4 Å². The lowest BCUT2D eigenvalue weighted by Crippen LogP contribution is -2.42. The highest BCUT2D eigenvalue weighted by atomic mass is 16.4. The zero-order valence-electron chi connectivity index (χ0n) is 11.0. The van der Waals surface area contributed by atoms with Gasteiger partial charge in [0.2, 0.25) is 0 Å². The molecule has 0 aliphatic carbocycles. The summed E-state index contributed by atoms with van der Waals surface area (Å²) in [7, 11) is 0. The zero-order chi connectivity index (χ0) is 13.2. The number of fused-ring (bicyclic) bond motifs is 2. The van der Waals surface area contributed by atoms with E-state index in [9.17, 15) is 4.79 Å². The minimum Gasteiger partial charge on any atom is -0.481 e. The van der Waals surface area contributed by atoms with Gasteiger partial charge in [0, 0.05) is 37.4 Å². The summed E-state index contributed by atoms with van der Waals surface area (Å²) in [6, 6.07) is 5.25. The molecule has 0 saturated carbocycles. The largest absolute Gasteiger partial charge is 0.481 e. The maximum Gasteiger partial charge on any atom is 0.303 e. The Labute approximate surface area is 113 Å². The van der Waals surface area contributed by atoms with Crippen LogP contribution in [-0.4, -0.2) is 33.0 Å². The normalized spacial score (nSPS) is 30.4. The molecule has 2 fully saturated rings. The molecule has 1 aromatic rings. The van der Waals surface area contributed by atoms with E-state index < -0.39 is 5.97 Å². The summed E-state index contributed by atoms with van der Waals surface area (Å²) >= 11 is 0. The van der Waals surface area contributed by atoms with Gasteiger partial charge in [0.05, 0.1) is 0 Å². The van der Waals surface area contributed by atoms with Crippen molar-refractivity contribution < 1.29 is 9.90 Å². The second-order valence-electron chi connectivity index (χ2n) is 5.85. The van der Waals surface area contributed by atoms with Crippen molar-refractivity contribution in [2.24, 2.45) is 5.92 Å². The molecule has 4 heteroatoms. The molecular formula is C15H20N2O2. The lowest BCUT2D eigenvalue weighted by atomic mass is 9.88. The van der Waals surface area contributed by atoms with Gasteiger partial charge in [0.1, 0.15) is 0 Å². The summed E-state index contributed by atoms with van der Waals surface area (Å²) in [5, 5.41) is 8.94. The standard InChI is InChI=1S/C15H20N2O2/c18-15(19)8-12-6-13-3-4-14(7-12)17(13)10-11-2-1-5-16-9-11/h1-2,5,9,12-14H,3-4,6-8,10H2,(H,18,19). The fourth-order valence-electron chi connectivity index (χ4n) is 3.76. The highest BCUT2D eigenvalue weighted by Crippen LogP contribution is 2.40. The van der Waals surface area contributed by atoms with Crippen molar-refractivity contribution in [2.45, 2.75) is 50.7 Å². The third kappa shape index (κ3) is 2.78. The van der Waals surface area contributed by atoms with Crippen LogP contribution in [0.15, 0.2) is 24.5 Å². The van der Waals surface area contributed by atoms with E-state index in [1.54, 1.807) is 6.20 Å². The summed E-state index contributed by atoms with van der Waals surface area (Å²) in [4.78, 5) is 17.6. The Morgan fingerprint density at radius 3 is 2.68 bits per heavy atom. The second kappa shape index (κ2) is 5.29. The van der Waals surface area contributed by atoms with Gasteiger partial charge in [-0.05, 0) is 43.2 Å². The molecule has 3 rings (SSSR count). The van der Waals surface area contributed by atoms with Gasteiger partial charge in [0.15, 0.2) is 0 Å². The molecule has 0 radical (unpaired) electrons. The number of rotatable bonds is 4. The lowest BCUT2D eigenvalue weighted by molar-refractivity contribution is -0.138. The molecule has 4 nitrogen and oxygen atoms in total. The van der Waals surface area contributed by atoms with E-state index in [2.05, 4.69) is 16.0 Å². The van der Waals surface area contributed by atoms with Gasteiger partial charge >= 0.3 is 5.97 Å². The van der Waals surface area contributed by atoms with Crippen LogP contribution in [0.5, 0.6) is 0 Å².